The number of nitrogens with zero attached hydrogens (tertiary/aromatic N) is 2. The Bertz CT molecular complexity index is 526. The number of nitrogens with two attached hydrogens (primary N) is 1. The van der Waals surface area contributed by atoms with Gasteiger partial charge in [0.05, 0.1) is 5.56 Å². The van der Waals surface area contributed by atoms with E-state index >= 15 is 0 Å². The number of carbonyl (C=O) groups excluding carboxylic acids is 1. The average Bonchev–Trinajstić information content (AvgIpc) is 2.42. The van der Waals surface area contributed by atoms with Gasteiger partial charge in [-0.3, -0.25) is 9.69 Å². The Labute approximate surface area is 123 Å². The van der Waals surface area contributed by atoms with Crippen LogP contribution in [0.5, 0.6) is 0 Å². The monoisotopic (exact) mass is 297 g/mol. The molecular formula is C15H21F2N3O. The van der Waals surface area contributed by atoms with E-state index in [4.69, 9.17) is 5.73 Å². The van der Waals surface area contributed by atoms with Crippen molar-refractivity contribution in [2.45, 2.75) is 13.8 Å². The second-order valence-corrected chi connectivity index (χ2v) is 5.84. The van der Waals surface area contributed by atoms with E-state index in [-0.39, 0.29) is 17.2 Å². The average molecular weight is 297 g/mol. The molecule has 0 unspecified atom stereocenters. The smallest absolute Gasteiger partial charge is 0.256 e. The van der Waals surface area contributed by atoms with Crippen LogP contribution in [-0.2, 0) is 0 Å². The van der Waals surface area contributed by atoms with Crippen molar-refractivity contribution >= 4 is 11.6 Å². The van der Waals surface area contributed by atoms with Gasteiger partial charge < -0.3 is 10.6 Å². The van der Waals surface area contributed by atoms with Crippen LogP contribution in [-0.4, -0.2) is 48.4 Å². The van der Waals surface area contributed by atoms with Crippen LogP contribution in [0.15, 0.2) is 12.1 Å². The van der Waals surface area contributed by atoms with Gasteiger partial charge in [0, 0.05) is 44.5 Å². The molecule has 0 aliphatic carbocycles. The second-order valence-electron chi connectivity index (χ2n) is 5.84. The molecule has 0 atom stereocenters. The van der Waals surface area contributed by atoms with Gasteiger partial charge in [-0.2, -0.15) is 0 Å². The van der Waals surface area contributed by atoms with Crippen molar-refractivity contribution in [1.29, 1.82) is 0 Å². The summed E-state index contributed by atoms with van der Waals surface area (Å²) in [7, 11) is 0. The molecule has 2 N–H and O–H groups in total. The Morgan fingerprint density at radius 2 is 1.76 bits per heavy atom. The molecule has 1 saturated heterocycles. The molecule has 0 spiro atoms. The molecule has 0 aromatic heterocycles. The highest BCUT2D eigenvalue weighted by molar-refractivity contribution is 5.99. The number of rotatable bonds is 3. The molecule has 1 amide bonds. The SMILES string of the molecule is CC(C)CN1CCN(C(=O)c2cc(F)c(F)cc2N)CC1. The lowest BCUT2D eigenvalue weighted by Crippen LogP contribution is -2.49. The number of nitrogen functional groups attached to an aromatic ring is 1. The van der Waals surface area contributed by atoms with E-state index in [1.54, 1.807) is 4.90 Å². The predicted octanol–water partition coefficient (Wildman–Crippen LogP) is 1.96. The maximum atomic E-state index is 13.3. The summed E-state index contributed by atoms with van der Waals surface area (Å²) in [5, 5.41) is 0. The molecule has 0 saturated carbocycles. The number of anilines is 1. The zero-order valence-corrected chi connectivity index (χ0v) is 12.4. The zero-order chi connectivity index (χ0) is 15.6. The Kier molecular flexibility index (Phi) is 4.77. The number of piperazine rings is 1. The van der Waals surface area contributed by atoms with Crippen molar-refractivity contribution in [3.05, 3.63) is 29.3 Å². The third-order valence-corrected chi connectivity index (χ3v) is 3.61. The molecule has 1 fully saturated rings. The molecule has 1 aliphatic rings. The molecule has 0 radical (unpaired) electrons. The van der Waals surface area contributed by atoms with Gasteiger partial charge in [0.1, 0.15) is 0 Å². The molecule has 0 bridgehead atoms. The van der Waals surface area contributed by atoms with Crippen LogP contribution in [0.1, 0.15) is 24.2 Å². The van der Waals surface area contributed by atoms with E-state index in [2.05, 4.69) is 18.7 Å². The van der Waals surface area contributed by atoms with Crippen LogP contribution >= 0.6 is 0 Å². The standard InChI is InChI=1S/C15H21F2N3O/c1-10(2)9-19-3-5-20(6-4-19)15(21)11-7-12(16)13(17)8-14(11)18/h7-8,10H,3-6,9,18H2,1-2H3. The first-order valence-corrected chi connectivity index (χ1v) is 7.14. The normalized spacial score (nSPS) is 16.5. The van der Waals surface area contributed by atoms with Gasteiger partial charge in [0.25, 0.3) is 5.91 Å². The Morgan fingerprint density at radius 1 is 1.19 bits per heavy atom. The number of hydrogen-bond donors (Lipinski definition) is 1. The first-order chi connectivity index (χ1) is 9.88. The molecule has 2 rings (SSSR count). The van der Waals surface area contributed by atoms with E-state index in [0.717, 1.165) is 31.8 Å². The van der Waals surface area contributed by atoms with Gasteiger partial charge in [-0.15, -0.1) is 0 Å². The highest BCUT2D eigenvalue weighted by Crippen LogP contribution is 2.19. The highest BCUT2D eigenvalue weighted by Gasteiger charge is 2.24. The topological polar surface area (TPSA) is 49.6 Å². The summed E-state index contributed by atoms with van der Waals surface area (Å²) in [6.45, 7) is 8.02. The lowest BCUT2D eigenvalue weighted by atomic mass is 10.1. The van der Waals surface area contributed by atoms with Crippen molar-refractivity contribution in [2.75, 3.05) is 38.5 Å². The summed E-state index contributed by atoms with van der Waals surface area (Å²) in [6, 6.07) is 1.74. The van der Waals surface area contributed by atoms with E-state index in [9.17, 15) is 13.6 Å². The van der Waals surface area contributed by atoms with Gasteiger partial charge in [-0.1, -0.05) is 13.8 Å². The van der Waals surface area contributed by atoms with Crippen LogP contribution in [0, 0.1) is 17.6 Å². The summed E-state index contributed by atoms with van der Waals surface area (Å²) >= 11 is 0. The first-order valence-electron chi connectivity index (χ1n) is 7.14. The van der Waals surface area contributed by atoms with Crippen molar-refractivity contribution < 1.29 is 13.6 Å². The van der Waals surface area contributed by atoms with Crippen LogP contribution in [0.2, 0.25) is 0 Å². The van der Waals surface area contributed by atoms with Gasteiger partial charge in [0.2, 0.25) is 0 Å². The van der Waals surface area contributed by atoms with Crippen LogP contribution in [0.3, 0.4) is 0 Å². The Morgan fingerprint density at radius 3 is 2.33 bits per heavy atom. The van der Waals surface area contributed by atoms with Crippen molar-refractivity contribution in [3.63, 3.8) is 0 Å². The number of carbonyl (C=O) groups is 1. The first kappa shape index (κ1) is 15.7. The molecule has 1 aromatic carbocycles. The Balaban J connectivity index is 2.04. The van der Waals surface area contributed by atoms with Gasteiger partial charge in [0.15, 0.2) is 11.6 Å². The molecule has 21 heavy (non-hydrogen) atoms. The van der Waals surface area contributed by atoms with Gasteiger partial charge in [-0.05, 0) is 12.0 Å². The third kappa shape index (κ3) is 3.69. The van der Waals surface area contributed by atoms with E-state index in [0.29, 0.717) is 19.0 Å². The minimum Gasteiger partial charge on any atom is -0.398 e. The maximum absolute atomic E-state index is 13.3. The summed E-state index contributed by atoms with van der Waals surface area (Å²) in [5.74, 6) is -1.85. The summed E-state index contributed by atoms with van der Waals surface area (Å²) < 4.78 is 26.3. The minimum atomic E-state index is -1.05. The quantitative estimate of drug-likeness (QED) is 0.868. The molecule has 4 nitrogen and oxygen atoms in total. The number of amides is 1. The zero-order valence-electron chi connectivity index (χ0n) is 12.4. The van der Waals surface area contributed by atoms with Crippen LogP contribution in [0.4, 0.5) is 14.5 Å². The fourth-order valence-corrected chi connectivity index (χ4v) is 2.57. The largest absolute Gasteiger partial charge is 0.398 e. The molecule has 6 heteroatoms. The lowest BCUT2D eigenvalue weighted by molar-refractivity contribution is 0.0624. The van der Waals surface area contributed by atoms with Crippen molar-refractivity contribution in [3.8, 4) is 0 Å². The molecular weight excluding hydrogens is 276 g/mol. The number of halogens is 2. The summed E-state index contributed by atoms with van der Waals surface area (Å²) in [5.41, 5.74) is 5.64. The fraction of sp³-hybridized carbons (Fsp3) is 0.533. The van der Waals surface area contributed by atoms with Crippen LogP contribution in [0.25, 0.3) is 0 Å². The second kappa shape index (κ2) is 6.39. The molecule has 1 heterocycles. The highest BCUT2D eigenvalue weighted by atomic mass is 19.2. The summed E-state index contributed by atoms with van der Waals surface area (Å²) in [4.78, 5) is 16.3. The third-order valence-electron chi connectivity index (χ3n) is 3.61. The molecule has 1 aromatic rings. The summed E-state index contributed by atoms with van der Waals surface area (Å²) in [6.07, 6.45) is 0. The van der Waals surface area contributed by atoms with Crippen LogP contribution < -0.4 is 5.73 Å². The minimum absolute atomic E-state index is 0.0245. The molecule has 116 valence electrons. The maximum Gasteiger partial charge on any atom is 0.256 e. The fourth-order valence-electron chi connectivity index (χ4n) is 2.57. The van der Waals surface area contributed by atoms with E-state index < -0.39 is 11.6 Å². The van der Waals surface area contributed by atoms with Gasteiger partial charge in [-0.25, -0.2) is 8.78 Å². The molecule has 1 aliphatic heterocycles. The number of benzene rings is 1. The van der Waals surface area contributed by atoms with Crippen molar-refractivity contribution in [1.82, 2.24) is 9.80 Å². The van der Waals surface area contributed by atoms with E-state index in [1.165, 1.54) is 0 Å². The van der Waals surface area contributed by atoms with E-state index in [1.807, 2.05) is 0 Å². The van der Waals surface area contributed by atoms with Gasteiger partial charge >= 0.3 is 0 Å². The lowest BCUT2D eigenvalue weighted by Gasteiger charge is -2.35. The number of hydrogen-bond acceptors (Lipinski definition) is 3. The van der Waals surface area contributed by atoms with Crippen molar-refractivity contribution in [2.24, 2.45) is 5.92 Å². The predicted molar refractivity (Wildman–Crippen MR) is 78.0 cm³/mol. The Hall–Kier alpha value is -1.69.